The second kappa shape index (κ2) is 7.15. The van der Waals surface area contributed by atoms with E-state index in [4.69, 9.17) is 4.42 Å². The maximum atomic E-state index is 13.4. The van der Waals surface area contributed by atoms with Gasteiger partial charge < -0.3 is 19.2 Å². The third kappa shape index (κ3) is 3.31. The Labute approximate surface area is 160 Å². The maximum Gasteiger partial charge on any atom is 0.290 e. The molecular weight excluding hydrogens is 340 g/mol. The van der Waals surface area contributed by atoms with Crippen LogP contribution in [-0.4, -0.2) is 39.5 Å². The Kier molecular flexibility index (Phi) is 4.84. The monoisotopic (exact) mass is 370 g/mol. The summed E-state index contributed by atoms with van der Waals surface area (Å²) >= 11 is 0. The van der Waals surface area contributed by atoms with Gasteiger partial charge in [-0.25, -0.2) is 4.98 Å². The number of amides is 1. The number of imidazole rings is 1. The van der Waals surface area contributed by atoms with E-state index < -0.39 is 0 Å². The highest BCUT2D eigenvalue weighted by Gasteiger charge is 2.58. The highest BCUT2D eigenvalue weighted by Crippen LogP contribution is 2.56. The van der Waals surface area contributed by atoms with E-state index in [1.165, 1.54) is 0 Å². The van der Waals surface area contributed by atoms with Gasteiger partial charge in [-0.2, -0.15) is 0 Å². The van der Waals surface area contributed by atoms with Crippen molar-refractivity contribution in [3.05, 3.63) is 41.4 Å². The molecule has 2 aromatic rings. The quantitative estimate of drug-likeness (QED) is 0.848. The van der Waals surface area contributed by atoms with E-state index in [0.29, 0.717) is 12.3 Å². The Morgan fingerprint density at radius 3 is 2.85 bits per heavy atom. The molecule has 4 rings (SSSR count). The van der Waals surface area contributed by atoms with Crippen LogP contribution in [0, 0.1) is 12.3 Å². The molecule has 3 heterocycles. The molecule has 1 aliphatic heterocycles. The number of aryl methyl sites for hydroxylation is 3. The van der Waals surface area contributed by atoms with Gasteiger partial charge in [0.15, 0.2) is 5.76 Å². The van der Waals surface area contributed by atoms with Crippen LogP contribution in [0.4, 0.5) is 0 Å². The van der Waals surface area contributed by atoms with Gasteiger partial charge in [-0.3, -0.25) is 4.79 Å². The minimum absolute atomic E-state index is 0.00357. The van der Waals surface area contributed by atoms with Gasteiger partial charge in [0, 0.05) is 31.4 Å². The van der Waals surface area contributed by atoms with Crippen molar-refractivity contribution in [3.8, 4) is 0 Å². The van der Waals surface area contributed by atoms with Gasteiger partial charge in [0.2, 0.25) is 0 Å². The minimum Gasteiger partial charge on any atom is -0.456 e. The van der Waals surface area contributed by atoms with Crippen LogP contribution < -0.4 is 5.32 Å². The van der Waals surface area contributed by atoms with E-state index in [0.717, 1.165) is 62.5 Å². The first-order chi connectivity index (χ1) is 13.1. The number of carbonyl (C=O) groups is 1. The van der Waals surface area contributed by atoms with Crippen LogP contribution >= 0.6 is 0 Å². The number of aromatic nitrogens is 2. The van der Waals surface area contributed by atoms with Crippen molar-refractivity contribution < 1.29 is 9.21 Å². The molecule has 1 saturated heterocycles. The van der Waals surface area contributed by atoms with Crippen LogP contribution in [0.5, 0.6) is 0 Å². The molecule has 0 radical (unpaired) electrons. The second-order valence-corrected chi connectivity index (χ2v) is 7.97. The number of piperidine rings is 1. The molecule has 1 atom stereocenters. The molecule has 146 valence electrons. The smallest absolute Gasteiger partial charge is 0.290 e. The number of rotatable bonds is 6. The van der Waals surface area contributed by atoms with Crippen molar-refractivity contribution in [1.29, 1.82) is 0 Å². The molecule has 1 spiro atoms. The Hall–Kier alpha value is -2.08. The van der Waals surface area contributed by atoms with Gasteiger partial charge in [-0.1, -0.05) is 6.92 Å². The van der Waals surface area contributed by atoms with Gasteiger partial charge in [0.05, 0.1) is 6.54 Å². The van der Waals surface area contributed by atoms with Crippen LogP contribution in [0.15, 0.2) is 22.9 Å². The number of carbonyl (C=O) groups excluding carboxylic acids is 1. The number of furan rings is 1. The fourth-order valence-corrected chi connectivity index (χ4v) is 4.60. The summed E-state index contributed by atoms with van der Waals surface area (Å²) in [6.07, 6.45) is 7.98. The highest BCUT2D eigenvalue weighted by molar-refractivity contribution is 5.92. The van der Waals surface area contributed by atoms with Crippen LogP contribution in [0.2, 0.25) is 0 Å². The van der Waals surface area contributed by atoms with Gasteiger partial charge in [0.1, 0.15) is 11.6 Å². The summed E-state index contributed by atoms with van der Waals surface area (Å²) in [7, 11) is 0. The van der Waals surface area contributed by atoms with E-state index >= 15 is 0 Å². The predicted octanol–water partition coefficient (Wildman–Crippen LogP) is 3.15. The molecule has 2 aliphatic rings. The molecule has 0 unspecified atom stereocenters. The molecule has 1 saturated carbocycles. The molecule has 1 aliphatic carbocycles. The zero-order chi connectivity index (χ0) is 19.0. The highest BCUT2D eigenvalue weighted by atomic mass is 16.4. The first-order valence-electron chi connectivity index (χ1n) is 10.2. The molecule has 2 fully saturated rings. The van der Waals surface area contributed by atoms with Gasteiger partial charge in [-0.15, -0.1) is 0 Å². The zero-order valence-electron chi connectivity index (χ0n) is 16.6. The maximum absolute atomic E-state index is 13.4. The molecule has 6 heteroatoms. The zero-order valence-corrected chi connectivity index (χ0v) is 16.6. The fourth-order valence-electron chi connectivity index (χ4n) is 4.60. The molecule has 0 bridgehead atoms. The standard InChI is InChI=1S/C21H30N4O2/c1-4-16-15(3)12-17(27-16)20(26)25(14-19-23-10-11-24(19)5-2)18-13-21(18)6-8-22-9-7-21/h10-12,18,22H,4-9,13-14H2,1-3H3/t18-/m1/s1. The summed E-state index contributed by atoms with van der Waals surface area (Å²) in [5.74, 6) is 2.32. The number of hydrogen-bond donors (Lipinski definition) is 1. The van der Waals surface area contributed by atoms with Crippen molar-refractivity contribution >= 4 is 5.91 Å². The predicted molar refractivity (Wildman–Crippen MR) is 104 cm³/mol. The summed E-state index contributed by atoms with van der Waals surface area (Å²) in [4.78, 5) is 20.0. The van der Waals surface area contributed by atoms with Crippen molar-refractivity contribution in [2.24, 2.45) is 5.41 Å². The van der Waals surface area contributed by atoms with E-state index in [1.54, 1.807) is 0 Å². The molecule has 1 amide bonds. The van der Waals surface area contributed by atoms with Crippen molar-refractivity contribution in [2.45, 2.75) is 65.6 Å². The molecular formula is C21H30N4O2. The average Bonchev–Trinajstić information content (AvgIpc) is 3.03. The van der Waals surface area contributed by atoms with Crippen LogP contribution in [0.25, 0.3) is 0 Å². The van der Waals surface area contributed by atoms with Crippen molar-refractivity contribution in [1.82, 2.24) is 19.8 Å². The number of nitrogens with one attached hydrogen (secondary N) is 1. The summed E-state index contributed by atoms with van der Waals surface area (Å²) in [6, 6.07) is 2.18. The van der Waals surface area contributed by atoms with Gasteiger partial charge >= 0.3 is 0 Å². The van der Waals surface area contributed by atoms with Crippen LogP contribution in [0.3, 0.4) is 0 Å². The van der Waals surface area contributed by atoms with Gasteiger partial charge in [0.25, 0.3) is 5.91 Å². The molecule has 1 N–H and O–H groups in total. The Morgan fingerprint density at radius 2 is 2.19 bits per heavy atom. The van der Waals surface area contributed by atoms with Gasteiger partial charge in [-0.05, 0) is 63.2 Å². The van der Waals surface area contributed by atoms with Crippen molar-refractivity contribution in [2.75, 3.05) is 13.1 Å². The summed E-state index contributed by atoms with van der Waals surface area (Å²) in [6.45, 7) is 9.66. The molecule has 6 nitrogen and oxygen atoms in total. The Morgan fingerprint density at radius 1 is 1.41 bits per heavy atom. The molecule has 2 aromatic heterocycles. The molecule has 27 heavy (non-hydrogen) atoms. The summed E-state index contributed by atoms with van der Waals surface area (Å²) < 4.78 is 8.02. The Balaban J connectivity index is 1.62. The van der Waals surface area contributed by atoms with Crippen molar-refractivity contribution in [3.63, 3.8) is 0 Å². The largest absolute Gasteiger partial charge is 0.456 e. The van der Waals surface area contributed by atoms with E-state index in [1.807, 2.05) is 30.3 Å². The minimum atomic E-state index is 0.00357. The SMILES string of the molecule is CCc1oc(C(=O)N(Cc2nccn2CC)[C@@H]2CC23CCNCC3)cc1C. The Bertz CT molecular complexity index is 816. The molecule has 0 aromatic carbocycles. The lowest BCUT2D eigenvalue weighted by Gasteiger charge is -2.29. The first-order valence-corrected chi connectivity index (χ1v) is 10.2. The normalized spacial score (nSPS) is 20.8. The lowest BCUT2D eigenvalue weighted by molar-refractivity contribution is 0.0650. The third-order valence-electron chi connectivity index (χ3n) is 6.39. The topological polar surface area (TPSA) is 63.3 Å². The third-order valence-corrected chi connectivity index (χ3v) is 6.39. The van der Waals surface area contributed by atoms with E-state index in [2.05, 4.69) is 28.7 Å². The van der Waals surface area contributed by atoms with E-state index in [9.17, 15) is 4.79 Å². The lowest BCUT2D eigenvalue weighted by Crippen LogP contribution is -2.39. The summed E-state index contributed by atoms with van der Waals surface area (Å²) in [5, 5.41) is 3.44. The summed E-state index contributed by atoms with van der Waals surface area (Å²) in [5.41, 5.74) is 1.34. The lowest BCUT2D eigenvalue weighted by atomic mass is 9.93. The van der Waals surface area contributed by atoms with Crippen LogP contribution in [0.1, 0.15) is 60.8 Å². The fraction of sp³-hybridized carbons (Fsp3) is 0.619. The first kappa shape index (κ1) is 18.3. The number of hydrogen-bond acceptors (Lipinski definition) is 4. The average molecular weight is 370 g/mol. The number of nitrogens with zero attached hydrogens (tertiary/aromatic N) is 3. The van der Waals surface area contributed by atoms with E-state index in [-0.39, 0.29) is 17.4 Å². The second-order valence-electron chi connectivity index (χ2n) is 7.97. The van der Waals surface area contributed by atoms with Crippen LogP contribution in [-0.2, 0) is 19.5 Å².